The maximum Gasteiger partial charge on any atom is 0.257 e. The highest BCUT2D eigenvalue weighted by Crippen LogP contribution is 2.29. The van der Waals surface area contributed by atoms with Crippen LogP contribution in [0.2, 0.25) is 10.0 Å². The number of hydrogen-bond acceptors (Lipinski definition) is 4. The van der Waals surface area contributed by atoms with Gasteiger partial charge in [-0.2, -0.15) is 0 Å². The minimum atomic E-state index is -0.306. The van der Waals surface area contributed by atoms with E-state index in [2.05, 4.69) is 34.4 Å². The van der Waals surface area contributed by atoms with E-state index in [0.717, 1.165) is 17.8 Å². The fraction of sp³-hybridized carbons (Fsp3) is 0.190. The Balaban J connectivity index is 1.77. The van der Waals surface area contributed by atoms with E-state index >= 15 is 0 Å². The van der Waals surface area contributed by atoms with Crippen molar-refractivity contribution in [3.8, 4) is 11.3 Å². The molecule has 1 amide bonds. The van der Waals surface area contributed by atoms with Crippen LogP contribution in [0.15, 0.2) is 54.9 Å². The van der Waals surface area contributed by atoms with Crippen molar-refractivity contribution < 1.29 is 4.79 Å². The van der Waals surface area contributed by atoms with Crippen LogP contribution in [-0.4, -0.2) is 22.4 Å². The smallest absolute Gasteiger partial charge is 0.257 e. The van der Waals surface area contributed by atoms with E-state index in [1.807, 2.05) is 18.2 Å². The summed E-state index contributed by atoms with van der Waals surface area (Å²) in [4.78, 5) is 21.2. The summed E-state index contributed by atoms with van der Waals surface area (Å²) >= 11 is 12.5. The van der Waals surface area contributed by atoms with Crippen molar-refractivity contribution in [1.29, 1.82) is 0 Å². The number of nitrogens with one attached hydrogen (secondary N) is 2. The van der Waals surface area contributed by atoms with Crippen LogP contribution in [0.3, 0.4) is 0 Å². The third-order valence-electron chi connectivity index (χ3n) is 3.95. The molecule has 2 N–H and O–H groups in total. The number of hydrogen-bond donors (Lipinski definition) is 2. The van der Waals surface area contributed by atoms with Crippen molar-refractivity contribution in [3.05, 3.63) is 70.5 Å². The minimum absolute atomic E-state index is 0.306. The molecule has 0 fully saturated rings. The van der Waals surface area contributed by atoms with Crippen LogP contribution in [-0.2, 0) is 0 Å². The molecular weight excluding hydrogens is 395 g/mol. The number of rotatable bonds is 6. The molecule has 2 aromatic heterocycles. The molecule has 1 aromatic carbocycles. The van der Waals surface area contributed by atoms with Gasteiger partial charge in [-0.15, -0.1) is 0 Å². The summed E-state index contributed by atoms with van der Waals surface area (Å²) in [5, 5.41) is 6.97. The van der Waals surface area contributed by atoms with E-state index in [1.54, 1.807) is 30.5 Å². The Hall–Kier alpha value is -2.63. The summed E-state index contributed by atoms with van der Waals surface area (Å²) in [6.45, 7) is 4.93. The van der Waals surface area contributed by atoms with Gasteiger partial charge in [-0.1, -0.05) is 43.1 Å². The molecule has 3 aromatic rings. The molecule has 5 nitrogen and oxygen atoms in total. The minimum Gasteiger partial charge on any atom is -0.369 e. The maximum absolute atomic E-state index is 12.6. The highest BCUT2D eigenvalue weighted by Gasteiger charge is 2.12. The molecule has 0 aliphatic carbocycles. The molecule has 0 aliphatic rings. The van der Waals surface area contributed by atoms with Gasteiger partial charge in [0.1, 0.15) is 5.82 Å². The van der Waals surface area contributed by atoms with Gasteiger partial charge in [-0.05, 0) is 42.3 Å². The van der Waals surface area contributed by atoms with Gasteiger partial charge < -0.3 is 10.6 Å². The van der Waals surface area contributed by atoms with Gasteiger partial charge in [0.05, 0.1) is 21.3 Å². The number of carbonyl (C=O) groups excluding carboxylic acids is 1. The third kappa shape index (κ3) is 5.00. The summed E-state index contributed by atoms with van der Waals surface area (Å²) < 4.78 is 0. The molecule has 0 aliphatic heterocycles. The van der Waals surface area contributed by atoms with Crippen molar-refractivity contribution in [3.63, 3.8) is 0 Å². The van der Waals surface area contributed by atoms with Crippen LogP contribution < -0.4 is 10.6 Å². The lowest BCUT2D eigenvalue weighted by atomic mass is 10.1. The van der Waals surface area contributed by atoms with Crippen molar-refractivity contribution in [2.75, 3.05) is 17.2 Å². The second-order valence-electron chi connectivity index (χ2n) is 6.69. The number of pyridine rings is 2. The number of anilines is 2. The van der Waals surface area contributed by atoms with Crippen molar-refractivity contribution >= 4 is 40.6 Å². The first-order chi connectivity index (χ1) is 13.4. The standard InChI is InChI=1S/C21H20Cl2N4O/c1-13(2)11-25-20-18(23)9-14(12-26-20)21(28)27-15-6-7-17(22)16(10-15)19-5-3-4-8-24-19/h3-10,12-13H,11H2,1-2H3,(H,25,26)(H,27,28). The summed E-state index contributed by atoms with van der Waals surface area (Å²) in [7, 11) is 0. The Kier molecular flexibility index (Phi) is 6.49. The van der Waals surface area contributed by atoms with E-state index in [0.29, 0.717) is 33.0 Å². The number of carbonyl (C=O) groups is 1. The predicted octanol–water partition coefficient (Wildman–Crippen LogP) is 5.77. The van der Waals surface area contributed by atoms with Crippen LogP contribution in [0.1, 0.15) is 24.2 Å². The molecule has 0 spiro atoms. The lowest BCUT2D eigenvalue weighted by molar-refractivity contribution is 0.102. The fourth-order valence-corrected chi connectivity index (χ4v) is 2.97. The van der Waals surface area contributed by atoms with Crippen LogP contribution >= 0.6 is 23.2 Å². The molecule has 0 bridgehead atoms. The van der Waals surface area contributed by atoms with Crippen LogP contribution in [0.5, 0.6) is 0 Å². The lowest BCUT2D eigenvalue weighted by Gasteiger charge is -2.12. The second kappa shape index (κ2) is 9.04. The molecule has 3 rings (SSSR count). The second-order valence-corrected chi connectivity index (χ2v) is 7.51. The van der Waals surface area contributed by atoms with Crippen LogP contribution in [0, 0.1) is 5.92 Å². The predicted molar refractivity (Wildman–Crippen MR) is 115 cm³/mol. The van der Waals surface area contributed by atoms with Gasteiger partial charge >= 0.3 is 0 Å². The maximum atomic E-state index is 12.6. The SMILES string of the molecule is CC(C)CNc1ncc(C(=O)Nc2ccc(Cl)c(-c3ccccn3)c2)cc1Cl. The molecule has 0 radical (unpaired) electrons. The zero-order chi connectivity index (χ0) is 20.1. The van der Waals surface area contributed by atoms with Crippen molar-refractivity contribution in [2.24, 2.45) is 5.92 Å². The van der Waals surface area contributed by atoms with E-state index in [-0.39, 0.29) is 5.91 Å². The van der Waals surface area contributed by atoms with E-state index in [4.69, 9.17) is 23.2 Å². The molecule has 28 heavy (non-hydrogen) atoms. The average Bonchev–Trinajstić information content (AvgIpc) is 2.69. The number of benzene rings is 1. The quantitative estimate of drug-likeness (QED) is 0.536. The Bertz CT molecular complexity index is 977. The van der Waals surface area contributed by atoms with Gasteiger partial charge in [0.2, 0.25) is 0 Å². The lowest BCUT2D eigenvalue weighted by Crippen LogP contribution is -2.14. The molecule has 7 heteroatoms. The summed E-state index contributed by atoms with van der Waals surface area (Å²) in [5.74, 6) is 0.717. The van der Waals surface area contributed by atoms with E-state index in [9.17, 15) is 4.79 Å². The van der Waals surface area contributed by atoms with Gasteiger partial charge in [0.15, 0.2) is 0 Å². The van der Waals surface area contributed by atoms with E-state index < -0.39 is 0 Å². The third-order valence-corrected chi connectivity index (χ3v) is 4.56. The first-order valence-electron chi connectivity index (χ1n) is 8.85. The summed E-state index contributed by atoms with van der Waals surface area (Å²) in [5.41, 5.74) is 2.45. The van der Waals surface area contributed by atoms with Crippen LogP contribution in [0.4, 0.5) is 11.5 Å². The topological polar surface area (TPSA) is 66.9 Å². The summed E-state index contributed by atoms with van der Waals surface area (Å²) in [6, 6.07) is 12.4. The Morgan fingerprint density at radius 1 is 1.07 bits per heavy atom. The normalized spacial score (nSPS) is 10.8. The largest absolute Gasteiger partial charge is 0.369 e. The zero-order valence-corrected chi connectivity index (χ0v) is 17.1. The first-order valence-corrected chi connectivity index (χ1v) is 9.61. The van der Waals surface area contributed by atoms with Gasteiger partial charge in [-0.25, -0.2) is 4.98 Å². The van der Waals surface area contributed by atoms with Crippen LogP contribution in [0.25, 0.3) is 11.3 Å². The average molecular weight is 415 g/mol. The molecule has 144 valence electrons. The first kappa shape index (κ1) is 20.1. The zero-order valence-electron chi connectivity index (χ0n) is 15.5. The van der Waals surface area contributed by atoms with E-state index in [1.165, 1.54) is 6.20 Å². The van der Waals surface area contributed by atoms with Crippen molar-refractivity contribution in [1.82, 2.24) is 9.97 Å². The Morgan fingerprint density at radius 3 is 2.57 bits per heavy atom. The molecular formula is C21H20Cl2N4O. The Labute approximate surface area is 174 Å². The summed E-state index contributed by atoms with van der Waals surface area (Å²) in [6.07, 6.45) is 3.19. The number of aromatic nitrogens is 2. The Morgan fingerprint density at radius 2 is 1.89 bits per heavy atom. The monoisotopic (exact) mass is 414 g/mol. The van der Waals surface area contributed by atoms with Crippen molar-refractivity contribution in [2.45, 2.75) is 13.8 Å². The highest BCUT2D eigenvalue weighted by atomic mass is 35.5. The fourth-order valence-electron chi connectivity index (χ4n) is 2.52. The highest BCUT2D eigenvalue weighted by molar-refractivity contribution is 6.34. The number of amides is 1. The van der Waals surface area contributed by atoms with Gasteiger partial charge in [0, 0.05) is 30.2 Å². The number of halogens is 2. The molecule has 0 saturated heterocycles. The molecule has 0 atom stereocenters. The molecule has 2 heterocycles. The van der Waals surface area contributed by atoms with Gasteiger partial charge in [0.25, 0.3) is 5.91 Å². The number of nitrogens with zero attached hydrogens (tertiary/aromatic N) is 2. The van der Waals surface area contributed by atoms with Gasteiger partial charge in [-0.3, -0.25) is 9.78 Å². The molecule has 0 unspecified atom stereocenters. The molecule has 0 saturated carbocycles.